The molecule has 0 spiro atoms. The van der Waals surface area contributed by atoms with E-state index < -0.39 is 6.10 Å². The summed E-state index contributed by atoms with van der Waals surface area (Å²) < 4.78 is 5.52. The van der Waals surface area contributed by atoms with E-state index in [1.165, 1.54) is 9.75 Å². The van der Waals surface area contributed by atoms with Gasteiger partial charge < -0.3 is 9.84 Å². The zero-order valence-corrected chi connectivity index (χ0v) is 12.4. The second-order valence-corrected chi connectivity index (χ2v) is 6.04. The van der Waals surface area contributed by atoms with E-state index in [0.29, 0.717) is 17.2 Å². The van der Waals surface area contributed by atoms with Gasteiger partial charge in [-0.3, -0.25) is 0 Å². The van der Waals surface area contributed by atoms with Crippen LogP contribution in [0.3, 0.4) is 0 Å². The molecule has 1 aromatic carbocycles. The minimum atomic E-state index is -0.498. The molecule has 1 aromatic heterocycles. The van der Waals surface area contributed by atoms with Crippen molar-refractivity contribution in [3.63, 3.8) is 0 Å². The Bertz CT molecular complexity index is 524. The van der Waals surface area contributed by atoms with Crippen LogP contribution < -0.4 is 4.74 Å². The van der Waals surface area contributed by atoms with Gasteiger partial charge in [0.25, 0.3) is 0 Å². The predicted octanol–water partition coefficient (Wildman–Crippen LogP) is 3.95. The van der Waals surface area contributed by atoms with Gasteiger partial charge in [0.1, 0.15) is 12.4 Å². The molecule has 2 nitrogen and oxygen atoms in total. The predicted molar refractivity (Wildman–Crippen MR) is 80.4 cm³/mol. The molecule has 0 amide bonds. The molecule has 0 bridgehead atoms. The van der Waals surface area contributed by atoms with Crippen molar-refractivity contribution in [3.05, 3.63) is 51.2 Å². The number of benzene rings is 1. The molecule has 2 aromatic rings. The van der Waals surface area contributed by atoms with E-state index >= 15 is 0 Å². The standard InChI is InChI=1S/C15H17ClO2S/c1-2-14-6-7-15(19-14)9-12(17)10-18-13-5-3-4-11(16)8-13/h3-8,12,17H,2,9-10H2,1H3. The average Bonchev–Trinajstić information content (AvgIpc) is 2.84. The maximum absolute atomic E-state index is 9.96. The number of hydrogen-bond acceptors (Lipinski definition) is 3. The third-order valence-electron chi connectivity index (χ3n) is 2.74. The summed E-state index contributed by atoms with van der Waals surface area (Å²) in [5, 5.41) is 10.6. The molecule has 0 saturated carbocycles. The van der Waals surface area contributed by atoms with Crippen molar-refractivity contribution in [2.24, 2.45) is 0 Å². The third kappa shape index (κ3) is 4.53. The van der Waals surface area contributed by atoms with Gasteiger partial charge in [0.15, 0.2) is 0 Å². The molecule has 102 valence electrons. The van der Waals surface area contributed by atoms with Gasteiger partial charge in [-0.15, -0.1) is 11.3 Å². The Morgan fingerprint density at radius 1 is 1.26 bits per heavy atom. The van der Waals surface area contributed by atoms with Crippen molar-refractivity contribution < 1.29 is 9.84 Å². The molecule has 4 heteroatoms. The summed E-state index contributed by atoms with van der Waals surface area (Å²) in [5.41, 5.74) is 0. The molecule has 0 aliphatic rings. The summed E-state index contributed by atoms with van der Waals surface area (Å²) in [5.74, 6) is 0.687. The molecule has 0 fully saturated rings. The summed E-state index contributed by atoms with van der Waals surface area (Å²) in [6.07, 6.45) is 1.17. The number of rotatable bonds is 6. The fourth-order valence-corrected chi connectivity index (χ4v) is 2.97. The van der Waals surface area contributed by atoms with Crippen molar-refractivity contribution in [3.8, 4) is 5.75 Å². The van der Waals surface area contributed by atoms with E-state index in [1.807, 2.05) is 12.1 Å². The number of hydrogen-bond donors (Lipinski definition) is 1. The zero-order chi connectivity index (χ0) is 13.7. The lowest BCUT2D eigenvalue weighted by molar-refractivity contribution is 0.108. The molecular formula is C15H17ClO2S. The number of aryl methyl sites for hydroxylation is 1. The van der Waals surface area contributed by atoms with E-state index in [2.05, 4.69) is 19.1 Å². The third-order valence-corrected chi connectivity index (χ3v) is 4.23. The lowest BCUT2D eigenvalue weighted by atomic mass is 10.2. The van der Waals surface area contributed by atoms with Gasteiger partial charge in [0, 0.05) is 21.2 Å². The molecule has 0 aliphatic carbocycles. The van der Waals surface area contributed by atoms with Crippen LogP contribution in [0.15, 0.2) is 36.4 Å². The van der Waals surface area contributed by atoms with Crippen LogP contribution in [0.25, 0.3) is 0 Å². The number of aliphatic hydroxyl groups excluding tert-OH is 1. The number of halogens is 1. The van der Waals surface area contributed by atoms with Crippen molar-refractivity contribution >= 4 is 22.9 Å². The number of thiophene rings is 1. The maximum atomic E-state index is 9.96. The monoisotopic (exact) mass is 296 g/mol. The van der Waals surface area contributed by atoms with Crippen LogP contribution in [-0.2, 0) is 12.8 Å². The second-order valence-electron chi connectivity index (χ2n) is 4.35. The highest BCUT2D eigenvalue weighted by Crippen LogP contribution is 2.20. The Hall–Kier alpha value is -1.03. The Labute approximate surface area is 122 Å². The Balaban J connectivity index is 1.82. The van der Waals surface area contributed by atoms with Gasteiger partial charge in [0.2, 0.25) is 0 Å². The van der Waals surface area contributed by atoms with Crippen molar-refractivity contribution in [1.29, 1.82) is 0 Å². The molecule has 0 aliphatic heterocycles. The first-order valence-electron chi connectivity index (χ1n) is 6.31. The molecule has 1 heterocycles. The lowest BCUT2D eigenvalue weighted by Gasteiger charge is -2.11. The van der Waals surface area contributed by atoms with Gasteiger partial charge >= 0.3 is 0 Å². The van der Waals surface area contributed by atoms with Crippen LogP contribution in [0.4, 0.5) is 0 Å². The maximum Gasteiger partial charge on any atom is 0.120 e. The zero-order valence-electron chi connectivity index (χ0n) is 10.8. The highest BCUT2D eigenvalue weighted by atomic mass is 35.5. The Morgan fingerprint density at radius 3 is 2.74 bits per heavy atom. The Kier molecular flexibility index (Phi) is 5.25. The van der Waals surface area contributed by atoms with E-state index in [0.717, 1.165) is 6.42 Å². The summed E-state index contributed by atoms with van der Waals surface area (Å²) >= 11 is 7.62. The number of ether oxygens (including phenoxy) is 1. The van der Waals surface area contributed by atoms with Crippen molar-refractivity contribution in [1.82, 2.24) is 0 Å². The minimum absolute atomic E-state index is 0.277. The molecule has 19 heavy (non-hydrogen) atoms. The highest BCUT2D eigenvalue weighted by Gasteiger charge is 2.09. The first-order chi connectivity index (χ1) is 9.17. The molecule has 1 atom stereocenters. The Morgan fingerprint density at radius 2 is 2.05 bits per heavy atom. The first-order valence-corrected chi connectivity index (χ1v) is 7.51. The SMILES string of the molecule is CCc1ccc(CC(O)COc2cccc(Cl)c2)s1. The summed E-state index contributed by atoms with van der Waals surface area (Å²) in [6, 6.07) is 11.4. The van der Waals surface area contributed by atoms with Gasteiger partial charge in [-0.1, -0.05) is 24.6 Å². The quantitative estimate of drug-likeness (QED) is 0.875. The summed E-state index contributed by atoms with van der Waals surface area (Å²) in [7, 11) is 0. The largest absolute Gasteiger partial charge is 0.491 e. The van der Waals surface area contributed by atoms with Gasteiger partial charge in [-0.05, 0) is 36.8 Å². The van der Waals surface area contributed by atoms with Crippen molar-refractivity contribution in [2.75, 3.05) is 6.61 Å². The normalized spacial score (nSPS) is 12.4. The highest BCUT2D eigenvalue weighted by molar-refractivity contribution is 7.11. The summed E-state index contributed by atoms with van der Waals surface area (Å²) in [4.78, 5) is 2.54. The molecule has 0 saturated heterocycles. The molecule has 1 unspecified atom stereocenters. The van der Waals surface area contributed by atoms with Crippen LogP contribution in [0, 0.1) is 0 Å². The van der Waals surface area contributed by atoms with Gasteiger partial charge in [-0.25, -0.2) is 0 Å². The van der Waals surface area contributed by atoms with E-state index in [4.69, 9.17) is 16.3 Å². The average molecular weight is 297 g/mol. The fourth-order valence-electron chi connectivity index (χ4n) is 1.76. The molecule has 1 N–H and O–H groups in total. The van der Waals surface area contributed by atoms with Crippen LogP contribution in [-0.4, -0.2) is 17.8 Å². The van der Waals surface area contributed by atoms with Crippen molar-refractivity contribution in [2.45, 2.75) is 25.9 Å². The molecule has 0 radical (unpaired) electrons. The van der Waals surface area contributed by atoms with E-state index in [-0.39, 0.29) is 6.61 Å². The smallest absolute Gasteiger partial charge is 0.120 e. The van der Waals surface area contributed by atoms with E-state index in [9.17, 15) is 5.11 Å². The van der Waals surface area contributed by atoms with Gasteiger partial charge in [-0.2, -0.15) is 0 Å². The van der Waals surface area contributed by atoms with Crippen LogP contribution in [0.1, 0.15) is 16.7 Å². The van der Waals surface area contributed by atoms with Crippen LogP contribution in [0.2, 0.25) is 5.02 Å². The first kappa shape index (κ1) is 14.4. The molecule has 2 rings (SSSR count). The van der Waals surface area contributed by atoms with Crippen LogP contribution in [0.5, 0.6) is 5.75 Å². The topological polar surface area (TPSA) is 29.5 Å². The summed E-state index contributed by atoms with van der Waals surface area (Å²) in [6.45, 7) is 2.41. The minimum Gasteiger partial charge on any atom is -0.491 e. The van der Waals surface area contributed by atoms with E-state index in [1.54, 1.807) is 23.5 Å². The molecular weight excluding hydrogens is 280 g/mol. The fraction of sp³-hybridized carbons (Fsp3) is 0.333. The van der Waals surface area contributed by atoms with Gasteiger partial charge in [0.05, 0.1) is 6.10 Å². The number of aliphatic hydroxyl groups is 1. The lowest BCUT2D eigenvalue weighted by Crippen LogP contribution is -2.19. The van der Waals surface area contributed by atoms with Crippen LogP contribution >= 0.6 is 22.9 Å². The second kappa shape index (κ2) is 6.94.